The molecule has 0 spiro atoms. The zero-order valence-corrected chi connectivity index (χ0v) is 10.7. The van der Waals surface area contributed by atoms with Crippen LogP contribution in [0.2, 0.25) is 0 Å². The summed E-state index contributed by atoms with van der Waals surface area (Å²) in [6.45, 7) is 1.92. The molecule has 1 aromatic rings. The zero-order chi connectivity index (χ0) is 13.1. The van der Waals surface area contributed by atoms with Crippen LogP contribution < -0.4 is 5.32 Å². The lowest BCUT2D eigenvalue weighted by atomic mass is 9.89. The van der Waals surface area contributed by atoms with Crippen LogP contribution in [0, 0.1) is 10.1 Å². The van der Waals surface area contributed by atoms with Gasteiger partial charge in [-0.3, -0.25) is 10.1 Å². The minimum absolute atomic E-state index is 0.199. The number of anilines is 1. The van der Waals surface area contributed by atoms with E-state index in [0.29, 0.717) is 18.6 Å². The minimum atomic E-state index is -0.317. The van der Waals surface area contributed by atoms with Gasteiger partial charge in [-0.15, -0.1) is 0 Å². The Labute approximate surface area is 106 Å². The molecule has 1 fully saturated rings. The summed E-state index contributed by atoms with van der Waals surface area (Å²) in [6, 6.07) is 5.72. The Morgan fingerprint density at radius 3 is 2.78 bits per heavy atom. The maximum absolute atomic E-state index is 11.0. The number of hydrogen-bond donors (Lipinski definition) is 1. The highest BCUT2D eigenvalue weighted by molar-refractivity contribution is 5.56. The molecule has 5 nitrogen and oxygen atoms in total. The maximum atomic E-state index is 11.0. The SMILES string of the molecule is CCc1ccc(NC2CC(OC)C2)cc1[N+](=O)[O-]. The van der Waals surface area contributed by atoms with E-state index in [4.69, 9.17) is 4.74 Å². The van der Waals surface area contributed by atoms with Crippen molar-refractivity contribution in [2.24, 2.45) is 0 Å². The maximum Gasteiger partial charge on any atom is 0.274 e. The van der Waals surface area contributed by atoms with Crippen LogP contribution in [0.25, 0.3) is 0 Å². The quantitative estimate of drug-likeness (QED) is 0.644. The first kappa shape index (κ1) is 12.8. The molecule has 98 valence electrons. The van der Waals surface area contributed by atoms with Gasteiger partial charge in [0.25, 0.3) is 5.69 Å². The average molecular weight is 250 g/mol. The number of nitro groups is 1. The Morgan fingerprint density at radius 1 is 1.50 bits per heavy atom. The van der Waals surface area contributed by atoms with Crippen molar-refractivity contribution in [1.82, 2.24) is 0 Å². The van der Waals surface area contributed by atoms with E-state index in [1.165, 1.54) is 0 Å². The first-order valence-corrected chi connectivity index (χ1v) is 6.20. The third-order valence-corrected chi connectivity index (χ3v) is 3.46. The number of rotatable bonds is 5. The monoisotopic (exact) mass is 250 g/mol. The molecule has 18 heavy (non-hydrogen) atoms. The van der Waals surface area contributed by atoms with Crippen molar-refractivity contribution in [2.75, 3.05) is 12.4 Å². The zero-order valence-electron chi connectivity index (χ0n) is 10.7. The molecule has 0 aliphatic heterocycles. The van der Waals surface area contributed by atoms with Gasteiger partial charge in [0.05, 0.1) is 11.0 Å². The molecule has 0 saturated heterocycles. The van der Waals surface area contributed by atoms with Crippen LogP contribution in [-0.4, -0.2) is 24.2 Å². The summed E-state index contributed by atoms with van der Waals surface area (Å²) >= 11 is 0. The molecule has 1 aliphatic rings. The molecule has 0 unspecified atom stereocenters. The van der Waals surface area contributed by atoms with E-state index in [0.717, 1.165) is 24.1 Å². The number of methoxy groups -OCH3 is 1. The highest BCUT2D eigenvalue weighted by atomic mass is 16.6. The number of benzene rings is 1. The molecule has 1 aliphatic carbocycles. The van der Waals surface area contributed by atoms with E-state index in [2.05, 4.69) is 5.32 Å². The second-order valence-corrected chi connectivity index (χ2v) is 4.62. The number of hydrogen-bond acceptors (Lipinski definition) is 4. The van der Waals surface area contributed by atoms with Crippen LogP contribution in [0.5, 0.6) is 0 Å². The van der Waals surface area contributed by atoms with Gasteiger partial charge in [0, 0.05) is 30.5 Å². The number of nitrogens with one attached hydrogen (secondary N) is 1. The summed E-state index contributed by atoms with van der Waals surface area (Å²) in [5, 5.41) is 14.3. The Kier molecular flexibility index (Phi) is 3.81. The predicted octanol–water partition coefficient (Wildman–Crippen LogP) is 2.75. The Morgan fingerprint density at radius 2 is 2.22 bits per heavy atom. The third kappa shape index (κ3) is 2.61. The summed E-state index contributed by atoms with van der Waals surface area (Å²) in [5.41, 5.74) is 1.79. The fraction of sp³-hybridized carbons (Fsp3) is 0.538. The van der Waals surface area contributed by atoms with Gasteiger partial charge in [-0.05, 0) is 25.3 Å². The highest BCUT2D eigenvalue weighted by Gasteiger charge is 2.29. The van der Waals surface area contributed by atoms with Crippen LogP contribution in [0.15, 0.2) is 18.2 Å². The summed E-state index contributed by atoms with van der Waals surface area (Å²) < 4.78 is 5.20. The van der Waals surface area contributed by atoms with E-state index >= 15 is 0 Å². The van der Waals surface area contributed by atoms with E-state index in [9.17, 15) is 10.1 Å². The molecule has 0 heterocycles. The summed E-state index contributed by atoms with van der Waals surface area (Å²) in [4.78, 5) is 10.6. The average Bonchev–Trinajstić information content (AvgIpc) is 2.32. The fourth-order valence-electron chi connectivity index (χ4n) is 2.23. The van der Waals surface area contributed by atoms with Gasteiger partial charge >= 0.3 is 0 Å². The number of ether oxygens (including phenoxy) is 1. The van der Waals surface area contributed by atoms with Crippen LogP contribution in [0.3, 0.4) is 0 Å². The van der Waals surface area contributed by atoms with Gasteiger partial charge in [-0.1, -0.05) is 13.0 Å². The van der Waals surface area contributed by atoms with Gasteiger partial charge in [-0.2, -0.15) is 0 Å². The summed E-state index contributed by atoms with van der Waals surface area (Å²) in [7, 11) is 1.71. The topological polar surface area (TPSA) is 64.4 Å². The van der Waals surface area contributed by atoms with Gasteiger partial charge in [0.1, 0.15) is 0 Å². The third-order valence-electron chi connectivity index (χ3n) is 3.46. The van der Waals surface area contributed by atoms with Crippen molar-refractivity contribution in [3.63, 3.8) is 0 Å². The largest absolute Gasteiger partial charge is 0.382 e. The van der Waals surface area contributed by atoms with Crippen LogP contribution >= 0.6 is 0 Å². The van der Waals surface area contributed by atoms with E-state index in [-0.39, 0.29) is 10.6 Å². The minimum Gasteiger partial charge on any atom is -0.382 e. The lowest BCUT2D eigenvalue weighted by molar-refractivity contribution is -0.385. The summed E-state index contributed by atoms with van der Waals surface area (Å²) in [6.07, 6.45) is 2.92. The molecule has 1 aromatic carbocycles. The Balaban J connectivity index is 2.06. The second kappa shape index (κ2) is 5.35. The number of nitrogens with zero attached hydrogens (tertiary/aromatic N) is 1. The first-order chi connectivity index (χ1) is 8.63. The van der Waals surface area contributed by atoms with Crippen molar-refractivity contribution in [3.8, 4) is 0 Å². The Bertz CT molecular complexity index is 442. The van der Waals surface area contributed by atoms with Crippen molar-refractivity contribution >= 4 is 11.4 Å². The Hall–Kier alpha value is -1.62. The van der Waals surface area contributed by atoms with Crippen molar-refractivity contribution in [2.45, 2.75) is 38.3 Å². The van der Waals surface area contributed by atoms with Crippen LogP contribution in [-0.2, 0) is 11.2 Å². The molecule has 5 heteroatoms. The molecular weight excluding hydrogens is 232 g/mol. The molecule has 0 aromatic heterocycles. The van der Waals surface area contributed by atoms with Crippen molar-refractivity contribution in [3.05, 3.63) is 33.9 Å². The molecule has 1 N–H and O–H groups in total. The molecular formula is C13H18N2O3. The van der Waals surface area contributed by atoms with Gasteiger partial charge in [0.15, 0.2) is 0 Å². The number of aryl methyl sites for hydroxylation is 1. The normalized spacial score (nSPS) is 22.3. The molecule has 0 bridgehead atoms. The summed E-state index contributed by atoms with van der Waals surface area (Å²) in [5.74, 6) is 0. The predicted molar refractivity (Wildman–Crippen MR) is 69.9 cm³/mol. The van der Waals surface area contributed by atoms with Crippen molar-refractivity contribution in [1.29, 1.82) is 0 Å². The number of nitro benzene ring substituents is 1. The van der Waals surface area contributed by atoms with Crippen molar-refractivity contribution < 1.29 is 9.66 Å². The second-order valence-electron chi connectivity index (χ2n) is 4.62. The first-order valence-electron chi connectivity index (χ1n) is 6.20. The van der Waals surface area contributed by atoms with E-state index < -0.39 is 0 Å². The van der Waals surface area contributed by atoms with Gasteiger partial charge < -0.3 is 10.1 Å². The van der Waals surface area contributed by atoms with Crippen LogP contribution in [0.4, 0.5) is 11.4 Å². The van der Waals surface area contributed by atoms with E-state index in [1.807, 2.05) is 19.1 Å². The fourth-order valence-corrected chi connectivity index (χ4v) is 2.23. The van der Waals surface area contributed by atoms with Crippen LogP contribution in [0.1, 0.15) is 25.3 Å². The lowest BCUT2D eigenvalue weighted by Gasteiger charge is -2.35. The standard InChI is InChI=1S/C13H18N2O3/c1-3-9-4-5-10(8-13(9)15(16)17)14-11-6-12(7-11)18-2/h4-5,8,11-12,14H,3,6-7H2,1-2H3. The van der Waals surface area contributed by atoms with E-state index in [1.54, 1.807) is 13.2 Å². The molecule has 1 saturated carbocycles. The van der Waals surface area contributed by atoms with Gasteiger partial charge in [0.2, 0.25) is 0 Å². The molecule has 0 radical (unpaired) electrons. The molecule has 2 rings (SSSR count). The molecule has 0 atom stereocenters. The molecule has 0 amide bonds. The lowest BCUT2D eigenvalue weighted by Crippen LogP contribution is -2.40. The van der Waals surface area contributed by atoms with Gasteiger partial charge in [-0.25, -0.2) is 0 Å². The smallest absolute Gasteiger partial charge is 0.274 e. The highest BCUT2D eigenvalue weighted by Crippen LogP contribution is 2.29.